The zero-order chi connectivity index (χ0) is 17.3. The maximum Gasteiger partial charge on any atom is 0.142 e. The van der Waals surface area contributed by atoms with Crippen LogP contribution in [0.15, 0.2) is 35.3 Å². The molecule has 0 aliphatic heterocycles. The normalized spacial score (nSPS) is 14.2. The van der Waals surface area contributed by atoms with Gasteiger partial charge >= 0.3 is 0 Å². The van der Waals surface area contributed by atoms with Crippen molar-refractivity contribution in [1.29, 1.82) is 0 Å². The van der Waals surface area contributed by atoms with Crippen LogP contribution in [0.25, 0.3) is 0 Å². The number of halogens is 2. The lowest BCUT2D eigenvalue weighted by Gasteiger charge is -2.13. The predicted molar refractivity (Wildman–Crippen MR) is 96.3 cm³/mol. The average molecular weight is 347 g/mol. The van der Waals surface area contributed by atoms with Gasteiger partial charge in [-0.25, -0.2) is 9.38 Å². The van der Waals surface area contributed by atoms with Crippen LogP contribution in [0, 0.1) is 19.7 Å². The van der Waals surface area contributed by atoms with Crippen LogP contribution in [0.3, 0.4) is 0 Å². The topological polar surface area (TPSA) is 24.8 Å². The Hall–Kier alpha value is -2.07. The number of nitrogens with zero attached hydrogens (tertiary/aromatic N) is 2. The lowest BCUT2D eigenvalue weighted by molar-refractivity contribution is 0.476. The van der Waals surface area contributed by atoms with Crippen molar-refractivity contribution in [1.82, 2.24) is 4.90 Å². The standard InChI is InChI=1S/C19H20ClFN2O/c1-12-9-19(24-15-6-7-17(21)16(20)10-15)13(2)8-18(12)22-11-23(3)14-4-5-14/h6-11,14H,4-5H2,1-3H3/b22-11+. The van der Waals surface area contributed by atoms with E-state index in [1.807, 2.05) is 32.3 Å². The van der Waals surface area contributed by atoms with Crippen molar-refractivity contribution in [2.75, 3.05) is 7.05 Å². The first-order valence-corrected chi connectivity index (χ1v) is 8.32. The van der Waals surface area contributed by atoms with Gasteiger partial charge in [0.15, 0.2) is 0 Å². The van der Waals surface area contributed by atoms with Gasteiger partial charge in [-0.2, -0.15) is 0 Å². The molecular formula is C19H20ClFN2O. The summed E-state index contributed by atoms with van der Waals surface area (Å²) in [4.78, 5) is 6.73. The molecule has 0 atom stereocenters. The summed E-state index contributed by atoms with van der Waals surface area (Å²) in [7, 11) is 2.05. The van der Waals surface area contributed by atoms with Crippen molar-refractivity contribution in [2.24, 2.45) is 4.99 Å². The number of benzene rings is 2. The van der Waals surface area contributed by atoms with Crippen LogP contribution in [0.1, 0.15) is 24.0 Å². The molecule has 2 aromatic carbocycles. The highest BCUT2D eigenvalue weighted by Crippen LogP contribution is 2.33. The molecule has 0 amide bonds. The molecule has 0 unspecified atom stereocenters. The Kier molecular flexibility index (Phi) is 4.76. The largest absolute Gasteiger partial charge is 0.457 e. The number of aliphatic imine (C=N–C) groups is 1. The summed E-state index contributed by atoms with van der Waals surface area (Å²) < 4.78 is 19.1. The van der Waals surface area contributed by atoms with E-state index < -0.39 is 5.82 Å². The van der Waals surface area contributed by atoms with Gasteiger partial charge < -0.3 is 9.64 Å². The molecule has 2 aromatic rings. The summed E-state index contributed by atoms with van der Waals surface area (Å²) in [6.45, 7) is 3.96. The Morgan fingerprint density at radius 2 is 1.96 bits per heavy atom. The van der Waals surface area contributed by atoms with Gasteiger partial charge in [0.2, 0.25) is 0 Å². The van der Waals surface area contributed by atoms with E-state index in [9.17, 15) is 4.39 Å². The lowest BCUT2D eigenvalue weighted by Crippen LogP contribution is -2.17. The molecule has 0 saturated heterocycles. The molecule has 1 saturated carbocycles. The van der Waals surface area contributed by atoms with Crippen molar-refractivity contribution in [3.63, 3.8) is 0 Å². The van der Waals surface area contributed by atoms with Crippen LogP contribution in [-0.4, -0.2) is 24.3 Å². The molecule has 0 bridgehead atoms. The van der Waals surface area contributed by atoms with E-state index in [-0.39, 0.29) is 5.02 Å². The number of aryl methyl sites for hydroxylation is 2. The first kappa shape index (κ1) is 16.8. The van der Waals surface area contributed by atoms with Crippen LogP contribution in [0.2, 0.25) is 5.02 Å². The fraction of sp³-hybridized carbons (Fsp3) is 0.316. The first-order valence-electron chi connectivity index (χ1n) is 7.94. The summed E-state index contributed by atoms with van der Waals surface area (Å²) in [6, 6.07) is 8.91. The molecule has 5 heteroatoms. The Bertz CT molecular complexity index is 787. The maximum atomic E-state index is 13.2. The molecule has 1 aliphatic carbocycles. The van der Waals surface area contributed by atoms with Gasteiger partial charge in [-0.15, -0.1) is 0 Å². The Labute approximate surface area is 146 Å². The van der Waals surface area contributed by atoms with E-state index in [0.29, 0.717) is 17.5 Å². The Morgan fingerprint density at radius 1 is 1.21 bits per heavy atom. The van der Waals surface area contributed by atoms with Crippen LogP contribution in [-0.2, 0) is 0 Å². The zero-order valence-electron chi connectivity index (χ0n) is 14.0. The molecule has 3 rings (SSSR count). The van der Waals surface area contributed by atoms with Gasteiger partial charge in [-0.1, -0.05) is 11.6 Å². The Morgan fingerprint density at radius 3 is 2.62 bits per heavy atom. The predicted octanol–water partition coefficient (Wildman–Crippen LogP) is 5.64. The van der Waals surface area contributed by atoms with E-state index in [1.165, 1.54) is 25.0 Å². The van der Waals surface area contributed by atoms with Crippen LogP contribution in [0.5, 0.6) is 11.5 Å². The summed E-state index contributed by atoms with van der Waals surface area (Å²) in [5.41, 5.74) is 2.90. The molecule has 24 heavy (non-hydrogen) atoms. The number of ether oxygens (including phenoxy) is 1. The highest BCUT2D eigenvalue weighted by atomic mass is 35.5. The minimum atomic E-state index is -0.457. The minimum Gasteiger partial charge on any atom is -0.457 e. The number of hydrogen-bond acceptors (Lipinski definition) is 2. The molecule has 0 radical (unpaired) electrons. The van der Waals surface area contributed by atoms with Crippen molar-refractivity contribution in [3.8, 4) is 11.5 Å². The monoisotopic (exact) mass is 346 g/mol. The van der Waals surface area contributed by atoms with Gasteiger partial charge in [0, 0.05) is 19.2 Å². The fourth-order valence-corrected chi connectivity index (χ4v) is 2.59. The molecule has 126 valence electrons. The Balaban J connectivity index is 1.79. The van der Waals surface area contributed by atoms with Gasteiger partial charge in [0.05, 0.1) is 17.0 Å². The lowest BCUT2D eigenvalue weighted by atomic mass is 10.1. The summed E-state index contributed by atoms with van der Waals surface area (Å²) in [5.74, 6) is 0.764. The second kappa shape index (κ2) is 6.81. The third-order valence-electron chi connectivity index (χ3n) is 4.11. The van der Waals surface area contributed by atoms with Gasteiger partial charge in [-0.3, -0.25) is 0 Å². The van der Waals surface area contributed by atoms with Crippen LogP contribution in [0.4, 0.5) is 10.1 Å². The van der Waals surface area contributed by atoms with E-state index in [2.05, 4.69) is 16.9 Å². The van der Waals surface area contributed by atoms with Crippen molar-refractivity contribution in [2.45, 2.75) is 32.7 Å². The molecule has 1 fully saturated rings. The van der Waals surface area contributed by atoms with Crippen molar-refractivity contribution in [3.05, 3.63) is 52.3 Å². The van der Waals surface area contributed by atoms with E-state index in [0.717, 1.165) is 16.8 Å². The average Bonchev–Trinajstić information content (AvgIpc) is 3.37. The number of rotatable bonds is 5. The van der Waals surface area contributed by atoms with E-state index in [4.69, 9.17) is 16.3 Å². The van der Waals surface area contributed by atoms with Crippen LogP contribution < -0.4 is 4.74 Å². The molecule has 0 heterocycles. The molecule has 0 N–H and O–H groups in total. The SMILES string of the molecule is Cc1cc(Oc2ccc(F)c(Cl)c2)c(C)cc1/N=C/N(C)C1CC1. The fourth-order valence-electron chi connectivity index (χ4n) is 2.42. The number of hydrogen-bond donors (Lipinski definition) is 0. The van der Waals surface area contributed by atoms with Gasteiger partial charge in [-0.05, 0) is 62.1 Å². The third kappa shape index (κ3) is 3.88. The second-order valence-electron chi connectivity index (χ2n) is 6.22. The van der Waals surface area contributed by atoms with Crippen LogP contribution >= 0.6 is 11.6 Å². The van der Waals surface area contributed by atoms with Crippen molar-refractivity contribution >= 4 is 23.6 Å². The highest BCUT2D eigenvalue weighted by Gasteiger charge is 2.24. The summed E-state index contributed by atoms with van der Waals surface area (Å²) in [6.07, 6.45) is 4.38. The van der Waals surface area contributed by atoms with Gasteiger partial charge in [0.25, 0.3) is 0 Å². The van der Waals surface area contributed by atoms with E-state index >= 15 is 0 Å². The van der Waals surface area contributed by atoms with Gasteiger partial charge in [0.1, 0.15) is 17.3 Å². The molecule has 0 spiro atoms. The third-order valence-corrected chi connectivity index (χ3v) is 4.40. The molecule has 3 nitrogen and oxygen atoms in total. The highest BCUT2D eigenvalue weighted by molar-refractivity contribution is 6.30. The molecule has 0 aromatic heterocycles. The van der Waals surface area contributed by atoms with Crippen molar-refractivity contribution < 1.29 is 9.13 Å². The second-order valence-corrected chi connectivity index (χ2v) is 6.63. The smallest absolute Gasteiger partial charge is 0.142 e. The zero-order valence-corrected chi connectivity index (χ0v) is 14.8. The quantitative estimate of drug-likeness (QED) is 0.516. The summed E-state index contributed by atoms with van der Waals surface area (Å²) >= 11 is 5.80. The first-order chi connectivity index (χ1) is 11.4. The maximum absolute atomic E-state index is 13.2. The molecule has 1 aliphatic rings. The summed E-state index contributed by atoms with van der Waals surface area (Å²) in [5, 5.41) is 0.0474. The van der Waals surface area contributed by atoms with E-state index in [1.54, 1.807) is 6.07 Å². The molecular weight excluding hydrogens is 327 g/mol. The minimum absolute atomic E-state index is 0.0474.